The van der Waals surface area contributed by atoms with E-state index in [9.17, 15) is 5.11 Å². The summed E-state index contributed by atoms with van der Waals surface area (Å²) in [6.07, 6.45) is 5.11. The summed E-state index contributed by atoms with van der Waals surface area (Å²) < 4.78 is 0. The van der Waals surface area contributed by atoms with Gasteiger partial charge >= 0.3 is 0 Å². The van der Waals surface area contributed by atoms with E-state index in [1.54, 1.807) is 0 Å². The molecule has 1 N–H and O–H groups in total. The van der Waals surface area contributed by atoms with Crippen LogP contribution in [0, 0.1) is 24.7 Å². The summed E-state index contributed by atoms with van der Waals surface area (Å²) in [5.74, 6) is 1.07. The number of hydrogen-bond donors (Lipinski definition) is 1. The van der Waals surface area contributed by atoms with Gasteiger partial charge in [-0.25, -0.2) is 0 Å². The van der Waals surface area contributed by atoms with E-state index in [0.717, 1.165) is 6.42 Å². The van der Waals surface area contributed by atoms with Crippen molar-refractivity contribution in [2.75, 3.05) is 0 Å². The molecule has 0 aliphatic heterocycles. The van der Waals surface area contributed by atoms with Crippen LogP contribution in [0.4, 0.5) is 0 Å². The average Bonchev–Trinajstić information content (AvgIpc) is 2.25. The Morgan fingerprint density at radius 1 is 1.62 bits per heavy atom. The van der Waals surface area contributed by atoms with Gasteiger partial charge in [-0.3, -0.25) is 0 Å². The Morgan fingerprint density at radius 3 is 2.62 bits per heavy atom. The van der Waals surface area contributed by atoms with Gasteiger partial charge in [-0.2, -0.15) is 5.92 Å². The predicted octanol–water partition coefficient (Wildman–Crippen LogP) is 1.59. The van der Waals surface area contributed by atoms with Crippen LogP contribution in [0.5, 0.6) is 0 Å². The van der Waals surface area contributed by atoms with Crippen molar-refractivity contribution in [1.29, 1.82) is 0 Å². The maximum Gasteiger partial charge on any atom is 0.0708 e. The SMILES string of the molecule is [B]C/C=C\C1C(O)CC(C)C1[CH2-].[Y]. The summed E-state index contributed by atoms with van der Waals surface area (Å²) in [6.45, 7) is 6.19. The van der Waals surface area contributed by atoms with E-state index in [1.807, 2.05) is 12.2 Å². The van der Waals surface area contributed by atoms with Crippen LogP contribution in [0.2, 0.25) is 6.32 Å². The predicted molar refractivity (Wildman–Crippen MR) is 51.8 cm³/mol. The molecular weight excluding hydrogens is 236 g/mol. The summed E-state index contributed by atoms with van der Waals surface area (Å²) in [6, 6.07) is 0. The van der Waals surface area contributed by atoms with Crippen molar-refractivity contribution in [3.05, 3.63) is 19.1 Å². The van der Waals surface area contributed by atoms with Crippen LogP contribution in [-0.2, 0) is 32.7 Å². The molecule has 1 aliphatic carbocycles. The van der Waals surface area contributed by atoms with E-state index in [0.29, 0.717) is 18.2 Å². The molecule has 0 aromatic carbocycles. The minimum Gasteiger partial charge on any atom is -0.393 e. The molecule has 3 heteroatoms. The summed E-state index contributed by atoms with van der Waals surface area (Å²) in [7, 11) is 5.34. The molecule has 69 valence electrons. The maximum absolute atomic E-state index is 9.62. The van der Waals surface area contributed by atoms with Crippen LogP contribution in [0.3, 0.4) is 0 Å². The van der Waals surface area contributed by atoms with Crippen molar-refractivity contribution in [3.63, 3.8) is 0 Å². The Balaban J connectivity index is 0.00000144. The largest absolute Gasteiger partial charge is 0.393 e. The monoisotopic (exact) mass is 252 g/mol. The molecule has 0 bridgehead atoms. The van der Waals surface area contributed by atoms with Gasteiger partial charge in [0.1, 0.15) is 0 Å². The van der Waals surface area contributed by atoms with Gasteiger partial charge in [0.2, 0.25) is 0 Å². The molecule has 1 aliphatic rings. The van der Waals surface area contributed by atoms with Crippen molar-refractivity contribution >= 4 is 7.85 Å². The molecule has 0 spiro atoms. The zero-order valence-corrected chi connectivity index (χ0v) is 11.0. The van der Waals surface area contributed by atoms with E-state index in [1.165, 1.54) is 0 Å². The minimum atomic E-state index is -0.217. The van der Waals surface area contributed by atoms with Gasteiger partial charge in [-0.05, 0) is 12.3 Å². The molecule has 0 aromatic heterocycles. The zero-order valence-electron chi connectivity index (χ0n) is 8.19. The first-order valence-corrected chi connectivity index (χ1v) is 4.54. The fourth-order valence-electron chi connectivity index (χ4n) is 1.88. The van der Waals surface area contributed by atoms with Crippen LogP contribution in [-0.4, -0.2) is 19.1 Å². The Morgan fingerprint density at radius 2 is 2.23 bits per heavy atom. The second kappa shape index (κ2) is 6.37. The second-order valence-electron chi connectivity index (χ2n) is 3.69. The van der Waals surface area contributed by atoms with Gasteiger partial charge in [0.05, 0.1) is 14.0 Å². The molecule has 4 unspecified atom stereocenters. The molecule has 0 saturated heterocycles. The summed E-state index contributed by atoms with van der Waals surface area (Å²) >= 11 is 0. The zero-order chi connectivity index (χ0) is 9.14. The van der Waals surface area contributed by atoms with Gasteiger partial charge in [0.15, 0.2) is 0 Å². The van der Waals surface area contributed by atoms with Crippen molar-refractivity contribution in [2.24, 2.45) is 17.8 Å². The smallest absolute Gasteiger partial charge is 0.0708 e. The number of hydrogen-bond acceptors (Lipinski definition) is 1. The standard InChI is InChI=1S/C10H16BO.Y/c1-7-6-10(12)9(8(7)2)4-3-5-11;/h3-4,7-10,12H,2,5-6H2,1H3;/q-1;/b4-3-;. The van der Waals surface area contributed by atoms with E-state index in [4.69, 9.17) is 7.85 Å². The molecule has 1 fully saturated rings. The first-order chi connectivity index (χ1) is 5.66. The van der Waals surface area contributed by atoms with E-state index in [2.05, 4.69) is 13.8 Å². The van der Waals surface area contributed by atoms with Crippen molar-refractivity contribution in [1.82, 2.24) is 0 Å². The van der Waals surface area contributed by atoms with E-state index < -0.39 is 0 Å². The van der Waals surface area contributed by atoms with Crippen LogP contribution >= 0.6 is 0 Å². The fraction of sp³-hybridized carbons (Fsp3) is 0.700. The molecule has 3 radical (unpaired) electrons. The second-order valence-corrected chi connectivity index (χ2v) is 3.69. The Bertz CT molecular complexity index is 172. The molecule has 0 heterocycles. The van der Waals surface area contributed by atoms with Crippen molar-refractivity contribution in [2.45, 2.75) is 25.8 Å². The summed E-state index contributed by atoms with van der Waals surface area (Å²) in [5, 5.41) is 9.62. The van der Waals surface area contributed by atoms with Gasteiger partial charge in [-0.1, -0.05) is 31.3 Å². The molecule has 4 atom stereocenters. The average molecular weight is 252 g/mol. The number of rotatable bonds is 2. The van der Waals surface area contributed by atoms with Crippen LogP contribution in [0.25, 0.3) is 0 Å². The third-order valence-electron chi connectivity index (χ3n) is 2.78. The molecule has 13 heavy (non-hydrogen) atoms. The van der Waals surface area contributed by atoms with E-state index in [-0.39, 0.29) is 44.7 Å². The number of aliphatic hydroxyl groups excluding tert-OH is 1. The Labute approximate surface area is 108 Å². The van der Waals surface area contributed by atoms with Gasteiger partial charge < -0.3 is 12.0 Å². The van der Waals surface area contributed by atoms with Crippen LogP contribution in [0.15, 0.2) is 12.2 Å². The molecule has 0 aromatic rings. The number of aliphatic hydroxyl groups is 1. The molecular formula is C10H16BOY-. The van der Waals surface area contributed by atoms with Gasteiger partial charge in [0, 0.05) is 32.7 Å². The Kier molecular flexibility index (Phi) is 6.80. The minimum absolute atomic E-state index is 0. The van der Waals surface area contributed by atoms with Crippen molar-refractivity contribution in [3.8, 4) is 0 Å². The normalized spacial score (nSPS) is 39.3. The van der Waals surface area contributed by atoms with Gasteiger partial charge in [0.25, 0.3) is 0 Å². The third kappa shape index (κ3) is 3.49. The van der Waals surface area contributed by atoms with Crippen molar-refractivity contribution < 1.29 is 37.8 Å². The first-order valence-electron chi connectivity index (χ1n) is 4.54. The topological polar surface area (TPSA) is 20.2 Å². The van der Waals surface area contributed by atoms with Crippen LogP contribution in [0.1, 0.15) is 13.3 Å². The van der Waals surface area contributed by atoms with Crippen LogP contribution < -0.4 is 0 Å². The fourth-order valence-corrected chi connectivity index (χ4v) is 1.88. The maximum atomic E-state index is 9.62. The first kappa shape index (κ1) is 13.9. The third-order valence-corrected chi connectivity index (χ3v) is 2.78. The summed E-state index contributed by atoms with van der Waals surface area (Å²) in [5.41, 5.74) is 0. The van der Waals surface area contributed by atoms with Gasteiger partial charge in [-0.15, -0.1) is 0 Å². The quantitative estimate of drug-likeness (QED) is 0.449. The molecule has 1 nitrogen and oxygen atoms in total. The molecule has 1 rings (SSSR count). The molecule has 1 saturated carbocycles. The number of allylic oxidation sites excluding steroid dienone is 1. The Hall–Kier alpha value is 0.869. The molecule has 0 amide bonds. The van der Waals surface area contributed by atoms with E-state index >= 15 is 0 Å². The summed E-state index contributed by atoms with van der Waals surface area (Å²) in [4.78, 5) is 0.